The van der Waals surface area contributed by atoms with Crippen molar-refractivity contribution < 1.29 is 4.57 Å². The molecule has 0 aliphatic heterocycles. The summed E-state index contributed by atoms with van der Waals surface area (Å²) in [5.41, 5.74) is 2.82. The maximum absolute atomic E-state index is 12.6. The highest BCUT2D eigenvalue weighted by Gasteiger charge is 2.35. The fourth-order valence-electron chi connectivity index (χ4n) is 2.49. The molecular formula is C18H29Cl2OP. The molecule has 1 nitrogen and oxygen atoms in total. The van der Waals surface area contributed by atoms with Crippen LogP contribution in [0.4, 0.5) is 0 Å². The van der Waals surface area contributed by atoms with Gasteiger partial charge < -0.3 is 0 Å². The third-order valence-electron chi connectivity index (χ3n) is 3.85. The molecule has 1 aromatic rings. The summed E-state index contributed by atoms with van der Waals surface area (Å²) in [6.45, 7) is 19.2. The predicted molar refractivity (Wildman–Crippen MR) is 101 cm³/mol. The first-order valence-corrected chi connectivity index (χ1v) is 11.2. The third-order valence-corrected chi connectivity index (χ3v) is 5.87. The van der Waals surface area contributed by atoms with E-state index in [1.807, 2.05) is 0 Å². The maximum Gasteiger partial charge on any atom is 0.282 e. The molecule has 22 heavy (non-hydrogen) atoms. The summed E-state index contributed by atoms with van der Waals surface area (Å²) in [6.07, 6.45) is 0. The van der Waals surface area contributed by atoms with Gasteiger partial charge in [-0.05, 0) is 55.4 Å². The van der Waals surface area contributed by atoms with E-state index >= 15 is 0 Å². The quantitative estimate of drug-likeness (QED) is 0.497. The summed E-state index contributed by atoms with van der Waals surface area (Å²) in [7, 11) is 0. The zero-order chi connectivity index (χ0) is 17.7. The fourth-order valence-corrected chi connectivity index (χ4v) is 4.94. The lowest BCUT2D eigenvalue weighted by Crippen LogP contribution is -2.31. The summed E-state index contributed by atoms with van der Waals surface area (Å²) < 4.78 is 12.6. The van der Waals surface area contributed by atoms with Crippen molar-refractivity contribution in [3.8, 4) is 0 Å². The molecule has 0 aliphatic carbocycles. The van der Waals surface area contributed by atoms with Crippen LogP contribution in [0.5, 0.6) is 0 Å². The molecule has 1 rings (SSSR count). The van der Waals surface area contributed by atoms with E-state index in [1.54, 1.807) is 0 Å². The first kappa shape index (κ1) is 20.1. The van der Waals surface area contributed by atoms with Crippen LogP contribution in [0.15, 0.2) is 12.1 Å². The lowest BCUT2D eigenvalue weighted by molar-refractivity contribution is 0.551. The monoisotopic (exact) mass is 362 g/mol. The van der Waals surface area contributed by atoms with Gasteiger partial charge >= 0.3 is 0 Å². The van der Waals surface area contributed by atoms with Gasteiger partial charge in [-0.1, -0.05) is 74.4 Å². The van der Waals surface area contributed by atoms with Crippen molar-refractivity contribution in [2.75, 3.05) is 0 Å². The van der Waals surface area contributed by atoms with Crippen LogP contribution in [0, 0.1) is 0 Å². The zero-order valence-corrected chi connectivity index (χ0v) is 17.7. The number of rotatable bonds is 1. The average molecular weight is 363 g/mol. The van der Waals surface area contributed by atoms with E-state index in [0.29, 0.717) is 5.30 Å². The molecular weight excluding hydrogens is 334 g/mol. The summed E-state index contributed by atoms with van der Waals surface area (Å²) in [4.78, 5) is 0. The summed E-state index contributed by atoms with van der Waals surface area (Å²) in [5.74, 6) is -3.41. The summed E-state index contributed by atoms with van der Waals surface area (Å²) >= 11 is 12.3. The highest BCUT2D eigenvalue weighted by atomic mass is 35.9. The third kappa shape index (κ3) is 4.53. The van der Waals surface area contributed by atoms with E-state index in [2.05, 4.69) is 74.4 Å². The number of hydrogen-bond acceptors (Lipinski definition) is 1. The van der Waals surface area contributed by atoms with Crippen molar-refractivity contribution in [3.05, 3.63) is 28.8 Å². The number of hydrogen-bond donors (Lipinski definition) is 0. The van der Waals surface area contributed by atoms with Crippen LogP contribution >= 0.6 is 28.3 Å². The molecule has 126 valence electrons. The Bertz CT molecular complexity index is 572. The molecule has 0 aromatic heterocycles. The van der Waals surface area contributed by atoms with E-state index in [1.165, 1.54) is 5.56 Å². The minimum Gasteiger partial charge on any atom is -0.284 e. The molecule has 0 atom stereocenters. The Kier molecular flexibility index (Phi) is 5.32. The molecule has 0 bridgehead atoms. The van der Waals surface area contributed by atoms with Crippen LogP contribution in [-0.2, 0) is 20.8 Å². The lowest BCUT2D eigenvalue weighted by Gasteiger charge is -2.33. The van der Waals surface area contributed by atoms with Gasteiger partial charge in [0.2, 0.25) is 0 Å². The molecule has 1 aromatic carbocycles. The molecule has 0 amide bonds. The second-order valence-electron chi connectivity index (χ2n) is 9.13. The number of halogens is 2. The highest BCUT2D eigenvalue weighted by Crippen LogP contribution is 2.58. The fraction of sp³-hybridized carbons (Fsp3) is 0.667. The molecule has 0 saturated carbocycles. The maximum atomic E-state index is 12.6. The van der Waals surface area contributed by atoms with E-state index in [9.17, 15) is 4.57 Å². The smallest absolute Gasteiger partial charge is 0.282 e. The van der Waals surface area contributed by atoms with Gasteiger partial charge in [-0.15, -0.1) is 0 Å². The summed E-state index contributed by atoms with van der Waals surface area (Å²) in [5, 5.41) is 0.629. The van der Waals surface area contributed by atoms with Gasteiger partial charge in [-0.3, -0.25) is 4.57 Å². The highest BCUT2D eigenvalue weighted by molar-refractivity contribution is 8.13. The van der Waals surface area contributed by atoms with E-state index in [0.717, 1.165) is 11.1 Å². The Morgan fingerprint density at radius 1 is 0.727 bits per heavy atom. The first-order chi connectivity index (χ1) is 9.45. The second kappa shape index (κ2) is 5.83. The van der Waals surface area contributed by atoms with Crippen LogP contribution in [0.25, 0.3) is 0 Å². The van der Waals surface area contributed by atoms with Crippen LogP contribution in [0.1, 0.15) is 79.0 Å². The molecule has 0 heterocycles. The van der Waals surface area contributed by atoms with E-state index in [4.69, 9.17) is 22.5 Å². The van der Waals surface area contributed by atoms with Crippen LogP contribution in [-0.4, -0.2) is 0 Å². The Hall–Kier alpha value is 0.0300. The van der Waals surface area contributed by atoms with Crippen molar-refractivity contribution in [1.29, 1.82) is 0 Å². The zero-order valence-electron chi connectivity index (χ0n) is 15.3. The van der Waals surface area contributed by atoms with E-state index < -0.39 is 5.85 Å². The molecule has 0 fully saturated rings. The van der Waals surface area contributed by atoms with Gasteiger partial charge in [0, 0.05) is 5.30 Å². The normalized spacial score (nSPS) is 14.3. The summed E-state index contributed by atoms with van der Waals surface area (Å²) in [6, 6.07) is 4.25. The van der Waals surface area contributed by atoms with E-state index in [-0.39, 0.29) is 16.2 Å². The first-order valence-electron chi connectivity index (χ1n) is 7.65. The van der Waals surface area contributed by atoms with Crippen molar-refractivity contribution in [3.63, 3.8) is 0 Å². The van der Waals surface area contributed by atoms with Gasteiger partial charge in [0.1, 0.15) is 0 Å². The Labute approximate surface area is 145 Å². The average Bonchev–Trinajstić information content (AvgIpc) is 2.22. The molecule has 0 radical (unpaired) electrons. The standard InChI is InChI=1S/C18H29Cl2OP/c1-16(2,3)12-10-13(17(4,5)6)15(22(19,20)21)14(11-12)18(7,8)9/h10-11H,1-9H3. The lowest BCUT2D eigenvalue weighted by atomic mass is 9.75. The molecule has 0 aliphatic rings. The Balaban J connectivity index is 4.00. The van der Waals surface area contributed by atoms with Crippen LogP contribution in [0.2, 0.25) is 0 Å². The van der Waals surface area contributed by atoms with Gasteiger partial charge in [0.15, 0.2) is 0 Å². The Morgan fingerprint density at radius 2 is 1.05 bits per heavy atom. The topological polar surface area (TPSA) is 17.1 Å². The van der Waals surface area contributed by atoms with Crippen molar-refractivity contribution >= 4 is 33.6 Å². The number of benzene rings is 1. The van der Waals surface area contributed by atoms with Gasteiger partial charge in [0.05, 0.1) is 0 Å². The second-order valence-corrected chi connectivity index (χ2v) is 13.9. The molecule has 0 unspecified atom stereocenters. The SMILES string of the molecule is CC(C)(C)c1cc(C(C)(C)C)c(P(=O)(Cl)Cl)c(C(C)(C)C)c1. The Morgan fingerprint density at radius 3 is 1.23 bits per heavy atom. The van der Waals surface area contributed by atoms with Gasteiger partial charge in [-0.2, -0.15) is 0 Å². The van der Waals surface area contributed by atoms with Crippen LogP contribution < -0.4 is 5.30 Å². The van der Waals surface area contributed by atoms with Crippen molar-refractivity contribution in [2.45, 2.75) is 78.6 Å². The molecule has 0 N–H and O–H groups in total. The van der Waals surface area contributed by atoms with Crippen molar-refractivity contribution in [1.82, 2.24) is 0 Å². The minimum atomic E-state index is -3.41. The van der Waals surface area contributed by atoms with Gasteiger partial charge in [0.25, 0.3) is 5.85 Å². The van der Waals surface area contributed by atoms with Gasteiger partial charge in [-0.25, -0.2) is 0 Å². The van der Waals surface area contributed by atoms with Crippen LogP contribution in [0.3, 0.4) is 0 Å². The minimum absolute atomic E-state index is 0.00114. The largest absolute Gasteiger partial charge is 0.284 e. The van der Waals surface area contributed by atoms with Crippen molar-refractivity contribution in [2.24, 2.45) is 0 Å². The molecule has 0 spiro atoms. The predicted octanol–water partition coefficient (Wildman–Crippen LogP) is 6.88. The molecule has 0 saturated heterocycles. The molecule has 4 heteroatoms.